The summed E-state index contributed by atoms with van der Waals surface area (Å²) >= 11 is 1.70. The molecule has 2 heterocycles. The van der Waals surface area contributed by atoms with E-state index < -0.39 is 0 Å². The van der Waals surface area contributed by atoms with Gasteiger partial charge >= 0.3 is 0 Å². The highest BCUT2D eigenvalue weighted by molar-refractivity contribution is 7.18. The van der Waals surface area contributed by atoms with E-state index in [1.165, 1.54) is 10.3 Å². The van der Waals surface area contributed by atoms with E-state index in [1.807, 2.05) is 23.1 Å². The summed E-state index contributed by atoms with van der Waals surface area (Å²) in [7, 11) is 0. The molecule has 1 fully saturated rings. The van der Waals surface area contributed by atoms with E-state index >= 15 is 0 Å². The maximum absolute atomic E-state index is 12.7. The fourth-order valence-corrected chi connectivity index (χ4v) is 4.59. The van der Waals surface area contributed by atoms with Crippen LogP contribution in [0.15, 0.2) is 54.6 Å². The second kappa shape index (κ2) is 8.63. The molecule has 0 unspecified atom stereocenters. The summed E-state index contributed by atoms with van der Waals surface area (Å²) in [6, 6.07) is 18.7. The molecule has 5 heteroatoms. The molecule has 0 N–H and O–H groups in total. The van der Waals surface area contributed by atoms with Gasteiger partial charge in [0.05, 0.1) is 15.2 Å². The largest absolute Gasteiger partial charge is 0.341 e. The summed E-state index contributed by atoms with van der Waals surface area (Å²) in [4.78, 5) is 21.8. The second-order valence-corrected chi connectivity index (χ2v) is 8.19. The number of aryl methyl sites for hydroxylation is 1. The Morgan fingerprint density at radius 1 is 0.963 bits per heavy atom. The van der Waals surface area contributed by atoms with Crippen molar-refractivity contribution in [3.8, 4) is 0 Å². The zero-order chi connectivity index (χ0) is 18.5. The number of rotatable bonds is 5. The van der Waals surface area contributed by atoms with Gasteiger partial charge in [-0.05, 0) is 24.1 Å². The summed E-state index contributed by atoms with van der Waals surface area (Å²) in [5.41, 5.74) is 2.38. The highest BCUT2D eigenvalue weighted by atomic mass is 32.1. The molecule has 27 heavy (non-hydrogen) atoms. The quantitative estimate of drug-likeness (QED) is 0.673. The molecular formula is C22H25N3OS. The Morgan fingerprint density at radius 2 is 1.78 bits per heavy atom. The van der Waals surface area contributed by atoms with Crippen molar-refractivity contribution < 1.29 is 4.79 Å². The minimum Gasteiger partial charge on any atom is -0.341 e. The van der Waals surface area contributed by atoms with Gasteiger partial charge in [-0.1, -0.05) is 42.5 Å². The molecule has 0 saturated carbocycles. The smallest absolute Gasteiger partial charge is 0.223 e. The van der Waals surface area contributed by atoms with Crippen molar-refractivity contribution in [2.45, 2.75) is 25.8 Å². The van der Waals surface area contributed by atoms with Crippen LogP contribution in [0, 0.1) is 0 Å². The van der Waals surface area contributed by atoms with Crippen LogP contribution in [0.2, 0.25) is 0 Å². The number of thiazole rings is 1. The zero-order valence-electron chi connectivity index (χ0n) is 15.5. The van der Waals surface area contributed by atoms with Crippen LogP contribution in [0.1, 0.15) is 23.4 Å². The van der Waals surface area contributed by atoms with Crippen LogP contribution in [0.4, 0.5) is 0 Å². The number of fused-ring (bicyclic) bond motifs is 1. The normalized spacial score (nSPS) is 15.8. The summed E-state index contributed by atoms with van der Waals surface area (Å²) in [6.07, 6.45) is 2.33. The van der Waals surface area contributed by atoms with Crippen LogP contribution in [-0.2, 0) is 17.8 Å². The predicted octanol–water partition coefficient (Wildman–Crippen LogP) is 3.96. The van der Waals surface area contributed by atoms with Gasteiger partial charge in [-0.2, -0.15) is 0 Å². The molecular weight excluding hydrogens is 354 g/mol. The molecule has 1 aromatic heterocycles. The highest BCUT2D eigenvalue weighted by Crippen LogP contribution is 2.22. The van der Waals surface area contributed by atoms with Gasteiger partial charge in [-0.25, -0.2) is 4.98 Å². The van der Waals surface area contributed by atoms with E-state index in [9.17, 15) is 4.79 Å². The van der Waals surface area contributed by atoms with Crippen molar-refractivity contribution in [2.75, 3.05) is 26.2 Å². The third kappa shape index (κ3) is 4.73. The van der Waals surface area contributed by atoms with Gasteiger partial charge in [0.2, 0.25) is 5.91 Å². The van der Waals surface area contributed by atoms with Gasteiger partial charge in [-0.3, -0.25) is 9.69 Å². The van der Waals surface area contributed by atoms with Crippen molar-refractivity contribution in [3.63, 3.8) is 0 Å². The molecule has 1 amide bonds. The van der Waals surface area contributed by atoms with Crippen LogP contribution < -0.4 is 0 Å². The molecule has 4 nitrogen and oxygen atoms in total. The third-order valence-electron chi connectivity index (χ3n) is 5.08. The molecule has 3 aromatic rings. The summed E-state index contributed by atoms with van der Waals surface area (Å²) in [6.45, 7) is 4.66. The Balaban J connectivity index is 1.28. The summed E-state index contributed by atoms with van der Waals surface area (Å²) < 4.78 is 1.20. The summed E-state index contributed by atoms with van der Waals surface area (Å²) in [5.74, 6) is 0.260. The molecule has 1 aliphatic rings. The van der Waals surface area contributed by atoms with Gasteiger partial charge in [0.15, 0.2) is 0 Å². The van der Waals surface area contributed by atoms with E-state index in [2.05, 4.69) is 46.3 Å². The number of hydrogen-bond acceptors (Lipinski definition) is 4. The van der Waals surface area contributed by atoms with Crippen molar-refractivity contribution in [2.24, 2.45) is 0 Å². The molecule has 1 aliphatic heterocycles. The Bertz CT molecular complexity index is 860. The van der Waals surface area contributed by atoms with Crippen molar-refractivity contribution in [1.82, 2.24) is 14.8 Å². The number of aromatic nitrogens is 1. The Labute approximate surface area is 164 Å². The van der Waals surface area contributed by atoms with Crippen molar-refractivity contribution >= 4 is 27.5 Å². The van der Waals surface area contributed by atoms with Crippen LogP contribution in [0.5, 0.6) is 0 Å². The second-order valence-electron chi connectivity index (χ2n) is 7.07. The van der Waals surface area contributed by atoms with Crippen LogP contribution in [-0.4, -0.2) is 46.9 Å². The number of hydrogen-bond donors (Lipinski definition) is 0. The van der Waals surface area contributed by atoms with Crippen molar-refractivity contribution in [1.29, 1.82) is 0 Å². The molecule has 0 bridgehead atoms. The predicted molar refractivity (Wildman–Crippen MR) is 111 cm³/mol. The standard InChI is InChI=1S/C22H25N3OS/c26-22(12-11-21-23-19-9-4-5-10-20(19)27-21)25-14-6-13-24(15-16-25)17-18-7-2-1-3-8-18/h1-5,7-10H,6,11-17H2. The average molecular weight is 380 g/mol. The molecule has 1 saturated heterocycles. The number of para-hydroxylation sites is 1. The molecule has 2 aromatic carbocycles. The van der Waals surface area contributed by atoms with Crippen LogP contribution in [0.3, 0.4) is 0 Å². The minimum atomic E-state index is 0.260. The maximum Gasteiger partial charge on any atom is 0.223 e. The van der Waals surface area contributed by atoms with Gasteiger partial charge in [-0.15, -0.1) is 11.3 Å². The molecule has 0 spiro atoms. The Hall–Kier alpha value is -2.24. The topological polar surface area (TPSA) is 36.4 Å². The Morgan fingerprint density at radius 3 is 2.63 bits per heavy atom. The number of benzene rings is 2. The first kappa shape index (κ1) is 18.1. The molecule has 140 valence electrons. The maximum atomic E-state index is 12.7. The Kier molecular flexibility index (Phi) is 5.80. The van der Waals surface area contributed by atoms with E-state index in [0.29, 0.717) is 6.42 Å². The van der Waals surface area contributed by atoms with Gasteiger partial charge in [0, 0.05) is 45.6 Å². The average Bonchev–Trinajstić information content (AvgIpc) is 2.98. The lowest BCUT2D eigenvalue weighted by molar-refractivity contribution is -0.131. The number of carbonyl (C=O) groups excluding carboxylic acids is 1. The number of amides is 1. The zero-order valence-corrected chi connectivity index (χ0v) is 16.3. The van der Waals surface area contributed by atoms with Gasteiger partial charge in [0.1, 0.15) is 0 Å². The van der Waals surface area contributed by atoms with Crippen LogP contribution in [0.25, 0.3) is 10.2 Å². The lowest BCUT2D eigenvalue weighted by Crippen LogP contribution is -2.35. The fourth-order valence-electron chi connectivity index (χ4n) is 3.62. The van der Waals surface area contributed by atoms with E-state index in [-0.39, 0.29) is 5.91 Å². The van der Waals surface area contributed by atoms with Gasteiger partial charge in [0.25, 0.3) is 0 Å². The minimum absolute atomic E-state index is 0.260. The van der Waals surface area contributed by atoms with E-state index in [0.717, 1.165) is 56.1 Å². The molecule has 0 aliphatic carbocycles. The lowest BCUT2D eigenvalue weighted by Gasteiger charge is -2.22. The van der Waals surface area contributed by atoms with E-state index in [1.54, 1.807) is 11.3 Å². The number of carbonyl (C=O) groups is 1. The first-order valence-corrected chi connectivity index (χ1v) is 10.5. The molecule has 0 atom stereocenters. The van der Waals surface area contributed by atoms with Gasteiger partial charge < -0.3 is 4.90 Å². The first-order chi connectivity index (χ1) is 13.3. The molecule has 4 rings (SSSR count). The highest BCUT2D eigenvalue weighted by Gasteiger charge is 2.19. The summed E-state index contributed by atoms with van der Waals surface area (Å²) in [5, 5.41) is 1.06. The van der Waals surface area contributed by atoms with Crippen molar-refractivity contribution in [3.05, 3.63) is 65.2 Å². The number of nitrogens with zero attached hydrogens (tertiary/aromatic N) is 3. The SMILES string of the molecule is O=C(CCc1nc2ccccc2s1)N1CCCN(Cc2ccccc2)CC1. The van der Waals surface area contributed by atoms with Crippen LogP contribution >= 0.6 is 11.3 Å². The fraction of sp³-hybridized carbons (Fsp3) is 0.364. The lowest BCUT2D eigenvalue weighted by atomic mass is 10.2. The monoisotopic (exact) mass is 379 g/mol. The third-order valence-corrected chi connectivity index (χ3v) is 6.18. The first-order valence-electron chi connectivity index (χ1n) is 9.66. The van der Waals surface area contributed by atoms with E-state index in [4.69, 9.17) is 0 Å². The molecule has 0 radical (unpaired) electrons.